The first-order chi connectivity index (χ1) is 15.2. The van der Waals surface area contributed by atoms with Gasteiger partial charge in [0.05, 0.1) is 0 Å². The Labute approximate surface area is 196 Å². The number of rotatable bonds is 12. The van der Waals surface area contributed by atoms with Crippen molar-refractivity contribution in [1.29, 1.82) is 0 Å². The number of hydrogen-bond donors (Lipinski definition) is 0. The van der Waals surface area contributed by atoms with Crippen LogP contribution in [0, 0.1) is 5.92 Å². The molecule has 0 heterocycles. The molecule has 0 aromatic carbocycles. The highest BCUT2D eigenvalue weighted by Gasteiger charge is 2.30. The van der Waals surface area contributed by atoms with E-state index in [1.165, 1.54) is 13.8 Å². The molecular formula is C22H32F4O8. The number of alkyl halides is 4. The second kappa shape index (κ2) is 15.1. The Bertz CT molecular complexity index is 736. The van der Waals surface area contributed by atoms with E-state index in [2.05, 4.69) is 27.4 Å². The minimum Gasteiger partial charge on any atom is -0.457 e. The zero-order chi connectivity index (χ0) is 27.3. The van der Waals surface area contributed by atoms with E-state index in [9.17, 15) is 36.7 Å². The summed E-state index contributed by atoms with van der Waals surface area (Å²) in [6.07, 6.45) is -0.987. The Balaban J connectivity index is 0. The van der Waals surface area contributed by atoms with Crippen molar-refractivity contribution in [3.63, 3.8) is 0 Å². The van der Waals surface area contributed by atoms with Crippen molar-refractivity contribution in [3.05, 3.63) is 24.3 Å². The molecule has 0 rings (SSSR count). The van der Waals surface area contributed by atoms with Crippen LogP contribution in [-0.4, -0.2) is 61.6 Å². The van der Waals surface area contributed by atoms with Crippen molar-refractivity contribution in [2.24, 2.45) is 5.92 Å². The van der Waals surface area contributed by atoms with Crippen molar-refractivity contribution in [3.8, 4) is 0 Å². The van der Waals surface area contributed by atoms with Gasteiger partial charge in [-0.1, -0.05) is 27.0 Å². The molecule has 0 fully saturated rings. The summed E-state index contributed by atoms with van der Waals surface area (Å²) < 4.78 is 67.5. The van der Waals surface area contributed by atoms with Crippen LogP contribution < -0.4 is 0 Å². The summed E-state index contributed by atoms with van der Waals surface area (Å²) in [6, 6.07) is 0. The van der Waals surface area contributed by atoms with Gasteiger partial charge in [0.25, 0.3) is 11.8 Å². The number of halogens is 4. The van der Waals surface area contributed by atoms with Gasteiger partial charge >= 0.3 is 23.9 Å². The molecule has 196 valence electrons. The van der Waals surface area contributed by atoms with E-state index in [0.717, 1.165) is 0 Å². The van der Waals surface area contributed by atoms with E-state index in [1.807, 2.05) is 13.8 Å². The van der Waals surface area contributed by atoms with Crippen LogP contribution in [-0.2, 0) is 38.1 Å². The minimum atomic E-state index is -3.11. The fourth-order valence-corrected chi connectivity index (χ4v) is 1.64. The second-order valence-electron chi connectivity index (χ2n) is 8.07. The first kappa shape index (κ1) is 33.3. The average molecular weight is 500 g/mol. The fourth-order valence-electron chi connectivity index (χ4n) is 1.64. The van der Waals surface area contributed by atoms with E-state index in [4.69, 9.17) is 4.74 Å². The summed E-state index contributed by atoms with van der Waals surface area (Å²) in [5, 5.41) is 0. The van der Waals surface area contributed by atoms with Crippen LogP contribution in [0.5, 0.6) is 0 Å². The summed E-state index contributed by atoms with van der Waals surface area (Å²) in [5.41, 5.74) is 0.242. The zero-order valence-electron chi connectivity index (χ0n) is 20.2. The van der Waals surface area contributed by atoms with Gasteiger partial charge in [-0.05, 0) is 26.2 Å². The largest absolute Gasteiger partial charge is 0.457 e. The lowest BCUT2D eigenvalue weighted by atomic mass is 10.1. The van der Waals surface area contributed by atoms with E-state index >= 15 is 0 Å². The van der Waals surface area contributed by atoms with Crippen LogP contribution in [0.15, 0.2) is 24.3 Å². The van der Waals surface area contributed by atoms with Crippen LogP contribution in [0.4, 0.5) is 17.6 Å². The van der Waals surface area contributed by atoms with Gasteiger partial charge in [0.15, 0.2) is 25.9 Å². The number of esters is 4. The quantitative estimate of drug-likeness (QED) is 0.171. The monoisotopic (exact) mass is 500 g/mol. The molecule has 1 atom stereocenters. The van der Waals surface area contributed by atoms with E-state index in [1.54, 1.807) is 0 Å². The van der Waals surface area contributed by atoms with Crippen LogP contribution in [0.1, 0.15) is 48.0 Å². The maximum atomic E-state index is 12.6. The predicted molar refractivity (Wildman–Crippen MR) is 113 cm³/mol. The molecule has 0 spiro atoms. The Hall–Kier alpha value is -2.92. The molecule has 1 unspecified atom stereocenters. The van der Waals surface area contributed by atoms with Crippen molar-refractivity contribution in [2.75, 3.05) is 19.8 Å². The van der Waals surface area contributed by atoms with Crippen LogP contribution in [0.2, 0.25) is 0 Å². The van der Waals surface area contributed by atoms with Gasteiger partial charge in [0, 0.05) is 25.0 Å². The lowest BCUT2D eigenvalue weighted by Crippen LogP contribution is -2.33. The van der Waals surface area contributed by atoms with E-state index in [-0.39, 0.29) is 23.5 Å². The summed E-state index contributed by atoms with van der Waals surface area (Å²) in [4.78, 5) is 44.5. The normalized spacial score (nSPS) is 12.0. The first-order valence-corrected chi connectivity index (χ1v) is 10.0. The minimum absolute atomic E-state index is 0.0395. The molecule has 0 saturated heterocycles. The van der Waals surface area contributed by atoms with Gasteiger partial charge in [-0.3, -0.25) is 0 Å². The molecule has 0 radical (unpaired) electrons. The molecule has 0 aliphatic heterocycles. The summed E-state index contributed by atoms with van der Waals surface area (Å²) in [6.45, 7) is 11.6. The third kappa shape index (κ3) is 19.7. The molecular weight excluding hydrogens is 468 g/mol. The average Bonchev–Trinajstić information content (AvgIpc) is 2.66. The lowest BCUT2D eigenvalue weighted by molar-refractivity contribution is -0.173. The first-order valence-electron chi connectivity index (χ1n) is 10.0. The Kier molecular flexibility index (Phi) is 14.7. The fraction of sp³-hybridized carbons (Fsp3) is 0.636. The molecule has 0 saturated carbocycles. The van der Waals surface area contributed by atoms with E-state index in [0.29, 0.717) is 13.8 Å². The Morgan fingerprint density at radius 2 is 1.24 bits per heavy atom. The van der Waals surface area contributed by atoms with Crippen LogP contribution in [0.25, 0.3) is 0 Å². The van der Waals surface area contributed by atoms with Crippen LogP contribution >= 0.6 is 0 Å². The molecule has 0 bridgehead atoms. The third-order valence-corrected chi connectivity index (χ3v) is 3.17. The zero-order valence-corrected chi connectivity index (χ0v) is 20.2. The lowest BCUT2D eigenvalue weighted by Gasteiger charge is -2.19. The second-order valence-corrected chi connectivity index (χ2v) is 8.07. The van der Waals surface area contributed by atoms with Gasteiger partial charge in [-0.2, -0.15) is 0 Å². The molecule has 0 amide bonds. The van der Waals surface area contributed by atoms with Gasteiger partial charge in [0.1, 0.15) is 0 Å². The number of carbonyl (C=O) groups is 4. The van der Waals surface area contributed by atoms with Crippen molar-refractivity contribution in [1.82, 2.24) is 0 Å². The van der Waals surface area contributed by atoms with Crippen molar-refractivity contribution in [2.45, 2.75) is 65.9 Å². The van der Waals surface area contributed by atoms with Gasteiger partial charge in [0.2, 0.25) is 0 Å². The van der Waals surface area contributed by atoms with E-state index < -0.39 is 61.6 Å². The van der Waals surface area contributed by atoms with Gasteiger partial charge in [-0.25, -0.2) is 36.7 Å². The number of ether oxygens (including phenoxy) is 4. The smallest absolute Gasteiger partial charge is 0.347 e. The highest BCUT2D eigenvalue weighted by molar-refractivity contribution is 5.89. The van der Waals surface area contributed by atoms with Gasteiger partial charge in [-0.15, -0.1) is 0 Å². The Morgan fingerprint density at radius 3 is 1.62 bits per heavy atom. The predicted octanol–water partition coefficient (Wildman–Crippen LogP) is 4.02. The summed E-state index contributed by atoms with van der Waals surface area (Å²) in [5.74, 6) is -9.67. The molecule has 34 heavy (non-hydrogen) atoms. The highest BCUT2D eigenvalue weighted by atomic mass is 19.3. The topological polar surface area (TPSA) is 105 Å². The molecule has 0 aliphatic carbocycles. The van der Waals surface area contributed by atoms with Crippen molar-refractivity contribution >= 4 is 23.9 Å². The standard InChI is InChI=1S/C13H20F2O4.C9H12F2O4/c1-8(2)6-10(19-11(16)9(3)4)12(17)18-7-13(5,14)15;1-6(2)8(13)14-4-7(12)15-5-9(3,10)11/h8,10H,3,6-7H2,1-2,4-5H3;1,4-5H2,2-3H3. The third-order valence-electron chi connectivity index (χ3n) is 3.17. The molecule has 12 heteroatoms. The molecule has 0 aromatic heterocycles. The molecule has 8 nitrogen and oxygen atoms in total. The molecule has 0 aromatic rings. The molecule has 0 aliphatic rings. The van der Waals surface area contributed by atoms with Crippen LogP contribution in [0.3, 0.4) is 0 Å². The Morgan fingerprint density at radius 1 is 0.794 bits per heavy atom. The molecule has 0 N–H and O–H groups in total. The summed E-state index contributed by atoms with van der Waals surface area (Å²) in [7, 11) is 0. The number of carbonyl (C=O) groups excluding carboxylic acids is 4. The number of hydrogen-bond acceptors (Lipinski definition) is 8. The summed E-state index contributed by atoms with van der Waals surface area (Å²) >= 11 is 0. The maximum absolute atomic E-state index is 12.6. The highest BCUT2D eigenvalue weighted by Crippen LogP contribution is 2.16. The van der Waals surface area contributed by atoms with Gasteiger partial charge < -0.3 is 18.9 Å². The maximum Gasteiger partial charge on any atom is 0.347 e. The van der Waals surface area contributed by atoms with Crippen molar-refractivity contribution < 1.29 is 55.7 Å². The SMILES string of the molecule is C=C(C)C(=O)OC(CC(C)C)C(=O)OCC(C)(F)F.C=C(C)C(=O)OCC(=O)OCC(C)(F)F.